The molecule has 4 heteroatoms. The molecule has 0 aromatic heterocycles. The summed E-state index contributed by atoms with van der Waals surface area (Å²) in [7, 11) is 0. The van der Waals surface area contributed by atoms with E-state index in [4.69, 9.17) is 0 Å². The predicted molar refractivity (Wildman–Crippen MR) is 67.9 cm³/mol. The molecule has 1 heterocycles. The van der Waals surface area contributed by atoms with E-state index < -0.39 is 5.54 Å². The second kappa shape index (κ2) is 3.72. The van der Waals surface area contributed by atoms with Crippen molar-refractivity contribution in [2.45, 2.75) is 75.9 Å². The Morgan fingerprint density at radius 3 is 2.28 bits per heavy atom. The lowest BCUT2D eigenvalue weighted by Crippen LogP contribution is -2.72. The first-order valence-corrected chi connectivity index (χ1v) is 7.14. The van der Waals surface area contributed by atoms with Gasteiger partial charge in [0, 0.05) is 5.54 Å². The van der Waals surface area contributed by atoms with Crippen molar-refractivity contribution in [3.8, 4) is 0 Å². The molecule has 3 aliphatic rings. The third-order valence-electron chi connectivity index (χ3n) is 5.02. The Kier molecular flexibility index (Phi) is 2.48. The summed E-state index contributed by atoms with van der Waals surface area (Å²) in [6, 6.07) is -0.308. The summed E-state index contributed by atoms with van der Waals surface area (Å²) < 4.78 is 0. The van der Waals surface area contributed by atoms with Gasteiger partial charge in [0.25, 0.3) is 0 Å². The molecule has 100 valence electrons. The standard InChI is InChI=1S/C14H22N2O2/c1-10-11(17)15-14(6-4-3-5-7-14)12(18)16(10)13(2)8-9-13/h10H,3-9H2,1-2H3,(H,15,17). The molecule has 1 aliphatic heterocycles. The summed E-state index contributed by atoms with van der Waals surface area (Å²) in [5, 5.41) is 3.03. The summed E-state index contributed by atoms with van der Waals surface area (Å²) in [5.74, 6) is 0.207. The van der Waals surface area contributed by atoms with Crippen LogP contribution in [-0.4, -0.2) is 33.8 Å². The third-order valence-corrected chi connectivity index (χ3v) is 5.02. The van der Waals surface area contributed by atoms with E-state index in [0.717, 1.165) is 38.5 Å². The molecule has 1 atom stereocenters. The van der Waals surface area contributed by atoms with E-state index in [0.29, 0.717) is 0 Å². The van der Waals surface area contributed by atoms with Crippen LogP contribution in [0.1, 0.15) is 58.8 Å². The molecule has 1 unspecified atom stereocenters. The van der Waals surface area contributed by atoms with Gasteiger partial charge in [-0.05, 0) is 39.5 Å². The number of hydrogen-bond donors (Lipinski definition) is 1. The lowest BCUT2D eigenvalue weighted by molar-refractivity contribution is -0.159. The van der Waals surface area contributed by atoms with E-state index in [1.54, 1.807) is 0 Å². The number of rotatable bonds is 1. The molecule has 1 spiro atoms. The first-order valence-electron chi connectivity index (χ1n) is 7.14. The molecule has 0 aromatic rings. The van der Waals surface area contributed by atoms with Crippen LogP contribution in [0.4, 0.5) is 0 Å². The highest BCUT2D eigenvalue weighted by Gasteiger charge is 2.57. The topological polar surface area (TPSA) is 49.4 Å². The van der Waals surface area contributed by atoms with Crippen LogP contribution < -0.4 is 5.32 Å². The number of hydrogen-bond acceptors (Lipinski definition) is 2. The van der Waals surface area contributed by atoms with Crippen LogP contribution >= 0.6 is 0 Å². The minimum atomic E-state index is -0.576. The Labute approximate surface area is 108 Å². The number of carbonyl (C=O) groups is 2. The van der Waals surface area contributed by atoms with Gasteiger partial charge in [0.05, 0.1) is 0 Å². The smallest absolute Gasteiger partial charge is 0.249 e. The Bertz CT molecular complexity index is 395. The van der Waals surface area contributed by atoms with Crippen molar-refractivity contribution in [3.05, 3.63) is 0 Å². The van der Waals surface area contributed by atoms with Crippen molar-refractivity contribution >= 4 is 11.8 Å². The predicted octanol–water partition coefficient (Wildman–Crippen LogP) is 1.59. The van der Waals surface area contributed by atoms with Crippen molar-refractivity contribution in [3.63, 3.8) is 0 Å². The van der Waals surface area contributed by atoms with E-state index >= 15 is 0 Å². The van der Waals surface area contributed by atoms with Gasteiger partial charge in [-0.25, -0.2) is 0 Å². The van der Waals surface area contributed by atoms with Gasteiger partial charge in [-0.3, -0.25) is 9.59 Å². The number of nitrogens with zero attached hydrogens (tertiary/aromatic N) is 1. The molecular weight excluding hydrogens is 228 g/mol. The Morgan fingerprint density at radius 2 is 1.72 bits per heavy atom. The minimum absolute atomic E-state index is 0.0321. The van der Waals surface area contributed by atoms with Crippen LogP contribution in [0.15, 0.2) is 0 Å². The van der Waals surface area contributed by atoms with Crippen molar-refractivity contribution < 1.29 is 9.59 Å². The molecule has 3 rings (SSSR count). The highest BCUT2D eigenvalue weighted by Crippen LogP contribution is 2.46. The highest BCUT2D eigenvalue weighted by atomic mass is 16.2. The zero-order valence-electron chi connectivity index (χ0n) is 11.3. The van der Waals surface area contributed by atoms with Gasteiger partial charge in [-0.2, -0.15) is 0 Å². The van der Waals surface area contributed by atoms with E-state index in [1.807, 2.05) is 11.8 Å². The quantitative estimate of drug-likeness (QED) is 0.768. The Hall–Kier alpha value is -1.06. The SMILES string of the molecule is CC1C(=O)NC2(CCCCC2)C(=O)N1C1(C)CC1. The molecule has 0 aromatic carbocycles. The fraction of sp³-hybridized carbons (Fsp3) is 0.857. The summed E-state index contributed by atoms with van der Waals surface area (Å²) >= 11 is 0. The highest BCUT2D eigenvalue weighted by molar-refractivity contribution is 6.00. The zero-order valence-corrected chi connectivity index (χ0v) is 11.3. The average molecular weight is 250 g/mol. The molecule has 2 amide bonds. The van der Waals surface area contributed by atoms with Gasteiger partial charge in [0.2, 0.25) is 11.8 Å². The normalized spacial score (nSPS) is 33.4. The molecule has 2 saturated carbocycles. The van der Waals surface area contributed by atoms with Crippen molar-refractivity contribution in [1.82, 2.24) is 10.2 Å². The van der Waals surface area contributed by atoms with Crippen LogP contribution in [0, 0.1) is 0 Å². The maximum atomic E-state index is 12.9. The summed E-state index contributed by atoms with van der Waals surface area (Å²) in [5.41, 5.74) is -0.633. The second-order valence-electron chi connectivity index (χ2n) is 6.48. The van der Waals surface area contributed by atoms with Gasteiger partial charge in [0.15, 0.2) is 0 Å². The number of nitrogens with one attached hydrogen (secondary N) is 1. The Balaban J connectivity index is 1.94. The molecule has 18 heavy (non-hydrogen) atoms. The maximum Gasteiger partial charge on any atom is 0.249 e. The van der Waals surface area contributed by atoms with Crippen molar-refractivity contribution in [2.75, 3.05) is 0 Å². The molecular formula is C14H22N2O2. The van der Waals surface area contributed by atoms with E-state index in [-0.39, 0.29) is 23.4 Å². The largest absolute Gasteiger partial charge is 0.340 e. The molecule has 0 radical (unpaired) electrons. The lowest BCUT2D eigenvalue weighted by Gasteiger charge is -2.49. The molecule has 1 saturated heterocycles. The molecule has 2 aliphatic carbocycles. The molecule has 4 nitrogen and oxygen atoms in total. The summed E-state index contributed by atoms with van der Waals surface area (Å²) in [6.07, 6.45) is 6.97. The van der Waals surface area contributed by atoms with Gasteiger partial charge < -0.3 is 10.2 Å². The number of amides is 2. The molecule has 3 fully saturated rings. The fourth-order valence-corrected chi connectivity index (χ4v) is 3.55. The van der Waals surface area contributed by atoms with E-state index in [2.05, 4.69) is 12.2 Å². The van der Waals surface area contributed by atoms with Crippen LogP contribution in [0.2, 0.25) is 0 Å². The van der Waals surface area contributed by atoms with Gasteiger partial charge in [-0.15, -0.1) is 0 Å². The Morgan fingerprint density at radius 1 is 1.11 bits per heavy atom. The zero-order chi connectivity index (χ0) is 13.0. The summed E-state index contributed by atoms with van der Waals surface area (Å²) in [4.78, 5) is 26.9. The van der Waals surface area contributed by atoms with Gasteiger partial charge >= 0.3 is 0 Å². The van der Waals surface area contributed by atoms with E-state index in [9.17, 15) is 9.59 Å². The molecule has 0 bridgehead atoms. The lowest BCUT2D eigenvalue weighted by atomic mass is 9.78. The third kappa shape index (κ3) is 1.57. The molecule has 1 N–H and O–H groups in total. The van der Waals surface area contributed by atoms with Gasteiger partial charge in [-0.1, -0.05) is 19.3 Å². The van der Waals surface area contributed by atoms with Crippen molar-refractivity contribution in [1.29, 1.82) is 0 Å². The average Bonchev–Trinajstić information content (AvgIpc) is 3.07. The maximum absolute atomic E-state index is 12.9. The van der Waals surface area contributed by atoms with Crippen LogP contribution in [0.25, 0.3) is 0 Å². The summed E-state index contributed by atoms with van der Waals surface area (Å²) in [6.45, 7) is 3.96. The monoisotopic (exact) mass is 250 g/mol. The number of carbonyl (C=O) groups excluding carboxylic acids is 2. The van der Waals surface area contributed by atoms with Crippen LogP contribution in [-0.2, 0) is 9.59 Å². The van der Waals surface area contributed by atoms with Crippen molar-refractivity contribution in [2.24, 2.45) is 0 Å². The van der Waals surface area contributed by atoms with Crippen LogP contribution in [0.3, 0.4) is 0 Å². The van der Waals surface area contributed by atoms with E-state index in [1.165, 1.54) is 6.42 Å². The first-order chi connectivity index (χ1) is 8.49. The number of piperazine rings is 1. The first kappa shape index (κ1) is 12.0. The minimum Gasteiger partial charge on any atom is -0.340 e. The second-order valence-corrected chi connectivity index (χ2v) is 6.48. The van der Waals surface area contributed by atoms with Gasteiger partial charge in [0.1, 0.15) is 11.6 Å². The van der Waals surface area contributed by atoms with Crippen LogP contribution in [0.5, 0.6) is 0 Å². The fourth-order valence-electron chi connectivity index (χ4n) is 3.55.